The number of anilines is 1. The summed E-state index contributed by atoms with van der Waals surface area (Å²) in [6.45, 7) is 0. The van der Waals surface area contributed by atoms with Gasteiger partial charge in [-0.25, -0.2) is 13.4 Å². The van der Waals surface area contributed by atoms with Crippen molar-refractivity contribution in [1.29, 1.82) is 0 Å². The van der Waals surface area contributed by atoms with E-state index in [1.54, 1.807) is 24.3 Å². The molecule has 1 aliphatic carbocycles. The minimum Gasteiger partial charge on any atom is -0.349 e. The highest BCUT2D eigenvalue weighted by Gasteiger charge is 2.37. The van der Waals surface area contributed by atoms with Gasteiger partial charge in [0.05, 0.1) is 28.8 Å². The minimum absolute atomic E-state index is 0.0159. The van der Waals surface area contributed by atoms with E-state index in [2.05, 4.69) is 15.7 Å². The van der Waals surface area contributed by atoms with E-state index in [4.69, 9.17) is 0 Å². The lowest BCUT2D eigenvalue weighted by Gasteiger charge is -2.27. The van der Waals surface area contributed by atoms with E-state index in [0.29, 0.717) is 17.7 Å². The van der Waals surface area contributed by atoms with E-state index in [9.17, 15) is 22.8 Å². The predicted octanol–water partition coefficient (Wildman–Crippen LogP) is 0.683. The molecule has 154 valence electrons. The van der Waals surface area contributed by atoms with Crippen molar-refractivity contribution < 1.29 is 22.8 Å². The largest absolute Gasteiger partial charge is 0.349 e. The van der Waals surface area contributed by atoms with Crippen LogP contribution in [0.2, 0.25) is 0 Å². The Labute approximate surface area is 168 Å². The summed E-state index contributed by atoms with van der Waals surface area (Å²) in [4.78, 5) is 37.4. The standard InChI is InChI=1S/C19H22N4O5S/c24-17-8-7-16(22-23(17)13-9-10-29(27,28)11-13)19(26)21-15-4-2-1-3-14(15)18(25)20-12-5-6-12/h1-4,12-13H,5-11H2,(H,20,25)(H,21,26)/t13-/m1/s1. The summed E-state index contributed by atoms with van der Waals surface area (Å²) in [6, 6.07) is 6.36. The fraction of sp³-hybridized carbons (Fsp3) is 0.474. The third kappa shape index (κ3) is 4.47. The molecule has 29 heavy (non-hydrogen) atoms. The quantitative estimate of drug-likeness (QED) is 0.728. The van der Waals surface area contributed by atoms with Crippen LogP contribution in [0.4, 0.5) is 5.69 Å². The Kier molecular flexibility index (Phi) is 5.12. The number of hydrogen-bond acceptors (Lipinski definition) is 6. The second-order valence-corrected chi connectivity index (χ2v) is 9.82. The van der Waals surface area contributed by atoms with Gasteiger partial charge in [-0.2, -0.15) is 5.10 Å². The first-order valence-electron chi connectivity index (χ1n) is 9.63. The van der Waals surface area contributed by atoms with E-state index in [0.717, 1.165) is 17.9 Å². The molecule has 1 aromatic carbocycles. The average molecular weight is 418 g/mol. The molecule has 1 saturated carbocycles. The Morgan fingerprint density at radius 1 is 1.07 bits per heavy atom. The SMILES string of the molecule is O=C(Nc1ccccc1C(=O)NC1CC1)C1=NN([C@@H]2CCS(=O)(=O)C2)C(=O)CC1. The molecule has 9 nitrogen and oxygen atoms in total. The summed E-state index contributed by atoms with van der Waals surface area (Å²) in [5.41, 5.74) is 0.871. The molecule has 3 aliphatic rings. The molecule has 4 rings (SSSR count). The molecule has 1 atom stereocenters. The second kappa shape index (κ2) is 7.58. The molecule has 2 heterocycles. The average Bonchev–Trinajstić information content (AvgIpc) is 3.42. The lowest BCUT2D eigenvalue weighted by atomic mass is 10.1. The molecule has 10 heteroatoms. The lowest BCUT2D eigenvalue weighted by Crippen LogP contribution is -2.42. The first-order chi connectivity index (χ1) is 13.8. The van der Waals surface area contributed by atoms with Gasteiger partial charge in [0.2, 0.25) is 5.91 Å². The van der Waals surface area contributed by atoms with E-state index in [1.165, 1.54) is 0 Å². The number of para-hydroxylation sites is 1. The number of nitrogens with zero attached hydrogens (tertiary/aromatic N) is 2. The highest BCUT2D eigenvalue weighted by molar-refractivity contribution is 7.91. The molecule has 2 N–H and O–H groups in total. The third-order valence-electron chi connectivity index (χ3n) is 5.21. The molecule has 2 aliphatic heterocycles. The van der Waals surface area contributed by atoms with Gasteiger partial charge in [0, 0.05) is 18.9 Å². The number of benzene rings is 1. The molecule has 0 radical (unpaired) electrons. The zero-order chi connectivity index (χ0) is 20.6. The molecule has 1 saturated heterocycles. The van der Waals surface area contributed by atoms with Crippen LogP contribution in [0.3, 0.4) is 0 Å². The monoisotopic (exact) mass is 418 g/mol. The highest BCUT2D eigenvalue weighted by atomic mass is 32.2. The molecule has 0 unspecified atom stereocenters. The second-order valence-electron chi connectivity index (χ2n) is 7.59. The maximum Gasteiger partial charge on any atom is 0.271 e. The first kappa shape index (κ1) is 19.6. The maximum atomic E-state index is 12.7. The summed E-state index contributed by atoms with van der Waals surface area (Å²) in [6.07, 6.45) is 2.48. The van der Waals surface area contributed by atoms with Gasteiger partial charge in [0.1, 0.15) is 5.71 Å². The van der Waals surface area contributed by atoms with Crippen molar-refractivity contribution in [3.05, 3.63) is 29.8 Å². The van der Waals surface area contributed by atoms with Crippen molar-refractivity contribution >= 4 is 39.0 Å². The lowest BCUT2D eigenvalue weighted by molar-refractivity contribution is -0.133. The molecule has 1 aromatic rings. The van der Waals surface area contributed by atoms with Gasteiger partial charge in [-0.3, -0.25) is 14.4 Å². The van der Waals surface area contributed by atoms with Crippen molar-refractivity contribution in [2.24, 2.45) is 5.10 Å². The Bertz CT molecular complexity index is 1000. The van der Waals surface area contributed by atoms with Crippen molar-refractivity contribution in [3.63, 3.8) is 0 Å². The van der Waals surface area contributed by atoms with E-state index in [1.807, 2.05) is 0 Å². The fourth-order valence-corrected chi connectivity index (χ4v) is 5.16. The fourth-order valence-electron chi connectivity index (χ4n) is 3.46. The van der Waals surface area contributed by atoms with Gasteiger partial charge in [0.25, 0.3) is 11.8 Å². The summed E-state index contributed by atoms with van der Waals surface area (Å²) in [5, 5.41) is 10.9. The number of carbonyl (C=O) groups excluding carboxylic acids is 3. The predicted molar refractivity (Wildman–Crippen MR) is 106 cm³/mol. The normalized spacial score (nSPS) is 23.4. The van der Waals surface area contributed by atoms with E-state index >= 15 is 0 Å². The summed E-state index contributed by atoms with van der Waals surface area (Å²) < 4.78 is 23.5. The number of amides is 3. The Hall–Kier alpha value is -2.75. The van der Waals surface area contributed by atoms with Gasteiger partial charge in [-0.05, 0) is 31.4 Å². The molecule has 0 spiro atoms. The number of hydrazone groups is 1. The van der Waals surface area contributed by atoms with Gasteiger partial charge >= 0.3 is 0 Å². The van der Waals surface area contributed by atoms with E-state index in [-0.39, 0.29) is 47.9 Å². The van der Waals surface area contributed by atoms with Crippen molar-refractivity contribution in [3.8, 4) is 0 Å². The van der Waals surface area contributed by atoms with E-state index < -0.39 is 21.8 Å². The zero-order valence-electron chi connectivity index (χ0n) is 15.8. The number of rotatable bonds is 5. The van der Waals surface area contributed by atoms with Crippen LogP contribution in [0.5, 0.6) is 0 Å². The Morgan fingerprint density at radius 3 is 2.52 bits per heavy atom. The van der Waals surface area contributed by atoms with Crippen molar-refractivity contribution in [2.45, 2.75) is 44.2 Å². The van der Waals surface area contributed by atoms with Crippen molar-refractivity contribution in [1.82, 2.24) is 10.3 Å². The topological polar surface area (TPSA) is 125 Å². The Balaban J connectivity index is 1.50. The Morgan fingerprint density at radius 2 is 1.83 bits per heavy atom. The molecule has 0 bridgehead atoms. The van der Waals surface area contributed by atoms with Crippen LogP contribution in [-0.2, 0) is 19.4 Å². The summed E-state index contributed by atoms with van der Waals surface area (Å²) in [7, 11) is -3.18. The third-order valence-corrected chi connectivity index (χ3v) is 6.96. The minimum atomic E-state index is -3.18. The maximum absolute atomic E-state index is 12.7. The van der Waals surface area contributed by atoms with Crippen LogP contribution in [0, 0.1) is 0 Å². The van der Waals surface area contributed by atoms with Crippen LogP contribution in [0.1, 0.15) is 42.5 Å². The smallest absolute Gasteiger partial charge is 0.271 e. The summed E-state index contributed by atoms with van der Waals surface area (Å²) in [5.74, 6) is -1.16. The summed E-state index contributed by atoms with van der Waals surface area (Å²) >= 11 is 0. The number of sulfone groups is 1. The van der Waals surface area contributed by atoms with Gasteiger partial charge in [-0.15, -0.1) is 0 Å². The number of nitrogens with one attached hydrogen (secondary N) is 2. The molecular formula is C19H22N4O5S. The molecular weight excluding hydrogens is 396 g/mol. The van der Waals surface area contributed by atoms with Gasteiger partial charge in [-0.1, -0.05) is 12.1 Å². The van der Waals surface area contributed by atoms with Crippen LogP contribution < -0.4 is 10.6 Å². The molecule has 2 fully saturated rings. The van der Waals surface area contributed by atoms with Crippen LogP contribution in [0.15, 0.2) is 29.4 Å². The first-order valence-corrected chi connectivity index (χ1v) is 11.5. The van der Waals surface area contributed by atoms with Gasteiger partial charge in [0.15, 0.2) is 9.84 Å². The zero-order valence-corrected chi connectivity index (χ0v) is 16.6. The molecule has 3 amide bonds. The van der Waals surface area contributed by atoms with Gasteiger partial charge < -0.3 is 10.6 Å². The van der Waals surface area contributed by atoms with Crippen LogP contribution in [0.25, 0.3) is 0 Å². The van der Waals surface area contributed by atoms with Crippen LogP contribution in [-0.4, -0.2) is 60.4 Å². The van der Waals surface area contributed by atoms with Crippen LogP contribution >= 0.6 is 0 Å². The molecule has 0 aromatic heterocycles. The highest BCUT2D eigenvalue weighted by Crippen LogP contribution is 2.24. The van der Waals surface area contributed by atoms with Crippen molar-refractivity contribution in [2.75, 3.05) is 16.8 Å². The number of carbonyl (C=O) groups is 3. The number of hydrogen-bond donors (Lipinski definition) is 2.